The Morgan fingerprint density at radius 3 is 2.90 bits per heavy atom. The van der Waals surface area contributed by atoms with Crippen LogP contribution in [0.15, 0.2) is 41.3 Å². The summed E-state index contributed by atoms with van der Waals surface area (Å²) in [5, 5.41) is 3.83. The van der Waals surface area contributed by atoms with Crippen LogP contribution >= 0.6 is 11.6 Å². The topological polar surface area (TPSA) is 73.6 Å². The molecule has 1 unspecified atom stereocenters. The molecule has 0 saturated carbocycles. The Hall–Kier alpha value is -2.11. The third kappa shape index (κ3) is 2.84. The van der Waals surface area contributed by atoms with Crippen molar-refractivity contribution in [2.75, 3.05) is 13.6 Å². The van der Waals surface area contributed by atoms with E-state index in [0.29, 0.717) is 11.6 Å². The summed E-state index contributed by atoms with van der Waals surface area (Å²) in [7, 11) is 1.89. The lowest BCUT2D eigenvalue weighted by Gasteiger charge is -2.14. The molecule has 2 heterocycles. The van der Waals surface area contributed by atoms with Crippen molar-refractivity contribution in [2.45, 2.75) is 5.92 Å². The first-order valence-corrected chi connectivity index (χ1v) is 7.03. The van der Waals surface area contributed by atoms with Gasteiger partial charge in [-0.3, -0.25) is 4.79 Å². The summed E-state index contributed by atoms with van der Waals surface area (Å²) < 4.78 is 0. The highest BCUT2D eigenvalue weighted by Gasteiger charge is 2.17. The molecule has 6 heteroatoms. The van der Waals surface area contributed by atoms with Crippen molar-refractivity contribution >= 4 is 22.6 Å². The number of rotatable bonds is 4. The van der Waals surface area contributed by atoms with Gasteiger partial charge in [0.05, 0.1) is 17.0 Å². The molecule has 108 valence electrons. The quantitative estimate of drug-likeness (QED) is 0.692. The van der Waals surface area contributed by atoms with Gasteiger partial charge in [0, 0.05) is 23.8 Å². The molecule has 0 fully saturated rings. The number of H-pyrrole nitrogens is 2. The summed E-state index contributed by atoms with van der Waals surface area (Å²) >= 11 is 6.00. The van der Waals surface area contributed by atoms with E-state index < -0.39 is 0 Å². The summed E-state index contributed by atoms with van der Waals surface area (Å²) in [5.41, 5.74) is 2.66. The van der Waals surface area contributed by atoms with Crippen molar-refractivity contribution in [2.24, 2.45) is 0 Å². The Morgan fingerprint density at radius 1 is 1.33 bits per heavy atom. The van der Waals surface area contributed by atoms with Crippen molar-refractivity contribution in [3.8, 4) is 0 Å². The molecular formula is C15H15ClN4O. The SMILES string of the molecule is CNCC(c1ccc(=O)[nH]c1)c1nc2ccc(Cl)cc2[nH]1. The Bertz CT molecular complexity index is 803. The van der Waals surface area contributed by atoms with E-state index in [1.807, 2.05) is 31.3 Å². The number of aromatic nitrogens is 3. The van der Waals surface area contributed by atoms with Crippen molar-refractivity contribution < 1.29 is 0 Å². The summed E-state index contributed by atoms with van der Waals surface area (Å²) in [5.74, 6) is 0.867. The Labute approximate surface area is 126 Å². The second-order valence-corrected chi connectivity index (χ2v) is 5.32. The van der Waals surface area contributed by atoms with Crippen LogP contribution in [0.2, 0.25) is 5.02 Å². The van der Waals surface area contributed by atoms with Crippen LogP contribution in [0, 0.1) is 0 Å². The number of nitrogens with zero attached hydrogens (tertiary/aromatic N) is 1. The second-order valence-electron chi connectivity index (χ2n) is 4.88. The molecule has 21 heavy (non-hydrogen) atoms. The highest BCUT2D eigenvalue weighted by atomic mass is 35.5. The van der Waals surface area contributed by atoms with Crippen LogP contribution in [-0.2, 0) is 0 Å². The lowest BCUT2D eigenvalue weighted by Crippen LogP contribution is -2.20. The molecule has 0 saturated heterocycles. The largest absolute Gasteiger partial charge is 0.341 e. The molecule has 3 N–H and O–H groups in total. The zero-order valence-corrected chi connectivity index (χ0v) is 12.2. The molecular weight excluding hydrogens is 288 g/mol. The van der Waals surface area contributed by atoms with Crippen LogP contribution in [0.4, 0.5) is 0 Å². The van der Waals surface area contributed by atoms with Crippen LogP contribution in [0.1, 0.15) is 17.3 Å². The van der Waals surface area contributed by atoms with Gasteiger partial charge in [0.25, 0.3) is 0 Å². The average molecular weight is 303 g/mol. The van der Waals surface area contributed by atoms with Crippen molar-refractivity contribution in [3.63, 3.8) is 0 Å². The number of aromatic amines is 2. The third-order valence-electron chi connectivity index (χ3n) is 3.41. The zero-order chi connectivity index (χ0) is 14.8. The Kier molecular flexibility index (Phi) is 3.77. The van der Waals surface area contributed by atoms with Gasteiger partial charge >= 0.3 is 0 Å². The molecule has 2 aromatic heterocycles. The van der Waals surface area contributed by atoms with E-state index in [1.165, 1.54) is 6.07 Å². The van der Waals surface area contributed by atoms with E-state index in [9.17, 15) is 4.79 Å². The second kappa shape index (κ2) is 5.71. The molecule has 0 bridgehead atoms. The molecule has 0 spiro atoms. The normalized spacial score (nSPS) is 12.7. The molecule has 0 aliphatic rings. The van der Waals surface area contributed by atoms with Gasteiger partial charge in [-0.15, -0.1) is 0 Å². The molecule has 1 atom stereocenters. The summed E-state index contributed by atoms with van der Waals surface area (Å²) in [6, 6.07) is 8.91. The van der Waals surface area contributed by atoms with Gasteiger partial charge in [-0.2, -0.15) is 0 Å². The van der Waals surface area contributed by atoms with E-state index in [-0.39, 0.29) is 11.5 Å². The van der Waals surface area contributed by atoms with E-state index >= 15 is 0 Å². The van der Waals surface area contributed by atoms with E-state index in [4.69, 9.17) is 11.6 Å². The molecule has 0 aliphatic carbocycles. The smallest absolute Gasteiger partial charge is 0.247 e. The van der Waals surface area contributed by atoms with Crippen LogP contribution in [-0.4, -0.2) is 28.5 Å². The van der Waals surface area contributed by atoms with Crippen LogP contribution in [0.3, 0.4) is 0 Å². The molecule has 5 nitrogen and oxygen atoms in total. The average Bonchev–Trinajstić information content (AvgIpc) is 2.88. The molecule has 1 aromatic carbocycles. The number of imidazole rings is 1. The number of pyridine rings is 1. The van der Waals surface area contributed by atoms with E-state index in [1.54, 1.807) is 6.20 Å². The van der Waals surface area contributed by atoms with Crippen molar-refractivity contribution in [1.82, 2.24) is 20.3 Å². The first-order chi connectivity index (χ1) is 10.2. The van der Waals surface area contributed by atoms with E-state index in [2.05, 4.69) is 20.3 Å². The van der Waals surface area contributed by atoms with Crippen molar-refractivity contribution in [1.29, 1.82) is 0 Å². The molecule has 3 aromatic rings. The predicted molar refractivity (Wildman–Crippen MR) is 83.9 cm³/mol. The number of likely N-dealkylation sites (N-methyl/N-ethyl adjacent to an activating group) is 1. The maximum atomic E-state index is 11.2. The molecule has 3 rings (SSSR count). The highest BCUT2D eigenvalue weighted by molar-refractivity contribution is 6.31. The molecule has 0 radical (unpaired) electrons. The standard InChI is InChI=1S/C15H15ClN4O/c1-17-8-11(9-2-5-14(21)18-7-9)15-19-12-4-3-10(16)6-13(12)20-15/h2-7,11,17H,8H2,1H3,(H,18,21)(H,19,20). The number of fused-ring (bicyclic) bond motifs is 1. The van der Waals surface area contributed by atoms with Gasteiger partial charge in [-0.1, -0.05) is 17.7 Å². The Balaban J connectivity index is 2.06. The maximum Gasteiger partial charge on any atom is 0.247 e. The van der Waals surface area contributed by atoms with Gasteiger partial charge < -0.3 is 15.3 Å². The molecule has 0 aliphatic heterocycles. The minimum atomic E-state index is -0.113. The predicted octanol–water partition coefficient (Wildman–Crippen LogP) is 2.26. The fourth-order valence-corrected chi connectivity index (χ4v) is 2.55. The lowest BCUT2D eigenvalue weighted by atomic mass is 10.0. The number of hydrogen-bond donors (Lipinski definition) is 3. The highest BCUT2D eigenvalue weighted by Crippen LogP contribution is 2.24. The number of nitrogens with one attached hydrogen (secondary N) is 3. The zero-order valence-electron chi connectivity index (χ0n) is 11.5. The third-order valence-corrected chi connectivity index (χ3v) is 3.65. The van der Waals surface area contributed by atoms with E-state index in [0.717, 1.165) is 22.4 Å². The monoisotopic (exact) mass is 302 g/mol. The van der Waals surface area contributed by atoms with Gasteiger partial charge in [0.15, 0.2) is 0 Å². The minimum absolute atomic E-state index is 0.0259. The number of halogens is 1. The summed E-state index contributed by atoms with van der Waals surface area (Å²) in [4.78, 5) is 21.8. The van der Waals surface area contributed by atoms with Crippen LogP contribution in [0.5, 0.6) is 0 Å². The fourth-order valence-electron chi connectivity index (χ4n) is 2.38. The van der Waals surface area contributed by atoms with Crippen LogP contribution in [0.25, 0.3) is 11.0 Å². The summed E-state index contributed by atoms with van der Waals surface area (Å²) in [6.45, 7) is 0.708. The molecule has 0 amide bonds. The first-order valence-electron chi connectivity index (χ1n) is 6.66. The Morgan fingerprint density at radius 2 is 2.19 bits per heavy atom. The van der Waals surface area contributed by atoms with Gasteiger partial charge in [0.2, 0.25) is 5.56 Å². The lowest BCUT2D eigenvalue weighted by molar-refractivity contribution is 0.678. The van der Waals surface area contributed by atoms with Gasteiger partial charge in [-0.25, -0.2) is 4.98 Å². The van der Waals surface area contributed by atoms with Crippen LogP contribution < -0.4 is 10.9 Å². The number of benzene rings is 1. The van der Waals surface area contributed by atoms with Gasteiger partial charge in [0.1, 0.15) is 5.82 Å². The maximum absolute atomic E-state index is 11.2. The minimum Gasteiger partial charge on any atom is -0.341 e. The fraction of sp³-hybridized carbons (Fsp3) is 0.200. The number of hydrogen-bond acceptors (Lipinski definition) is 3. The summed E-state index contributed by atoms with van der Waals surface area (Å²) in [6.07, 6.45) is 1.73. The van der Waals surface area contributed by atoms with Crippen molar-refractivity contribution in [3.05, 3.63) is 63.3 Å². The first kappa shape index (κ1) is 13.9. The van der Waals surface area contributed by atoms with Gasteiger partial charge in [-0.05, 0) is 30.8 Å².